The van der Waals surface area contributed by atoms with Gasteiger partial charge in [0.2, 0.25) is 5.91 Å². The van der Waals surface area contributed by atoms with E-state index in [0.29, 0.717) is 13.0 Å². The van der Waals surface area contributed by atoms with Crippen molar-refractivity contribution in [3.05, 3.63) is 33.5 Å². The molecule has 0 saturated carbocycles. The molecule has 26 heavy (non-hydrogen) atoms. The third kappa shape index (κ3) is 5.29. The van der Waals surface area contributed by atoms with Crippen molar-refractivity contribution >= 4 is 46.3 Å². The Bertz CT molecular complexity index is 733. The molecular formula is C17H21N3O3S3. The predicted octanol–water partition coefficient (Wildman–Crippen LogP) is 2.82. The zero-order chi connectivity index (χ0) is 18.4. The highest BCUT2D eigenvalue weighted by Gasteiger charge is 2.30. The summed E-state index contributed by atoms with van der Waals surface area (Å²) in [5, 5.41) is 16.0. The first-order valence-corrected chi connectivity index (χ1v) is 11.2. The Labute approximate surface area is 164 Å². The number of carboxylic acid groups (broad SMARTS) is 1. The maximum atomic E-state index is 12.1. The molecule has 0 aromatic carbocycles. The summed E-state index contributed by atoms with van der Waals surface area (Å²) < 4.78 is 0.736. The van der Waals surface area contributed by atoms with Gasteiger partial charge in [0.1, 0.15) is 0 Å². The molecule has 3 heterocycles. The Morgan fingerprint density at radius 2 is 2.35 bits per heavy atom. The molecule has 0 bridgehead atoms. The number of nitrogens with one attached hydrogen (secondary N) is 1. The lowest BCUT2D eigenvalue weighted by molar-refractivity contribution is -0.128. The molecule has 0 radical (unpaired) electrons. The number of rotatable bonds is 10. The van der Waals surface area contributed by atoms with E-state index in [9.17, 15) is 9.59 Å². The summed E-state index contributed by atoms with van der Waals surface area (Å²) in [7, 11) is 0. The van der Waals surface area contributed by atoms with Crippen molar-refractivity contribution in [3.63, 3.8) is 0 Å². The summed E-state index contributed by atoms with van der Waals surface area (Å²) in [5.74, 6) is -0.0678. The van der Waals surface area contributed by atoms with E-state index in [2.05, 4.69) is 27.8 Å². The SMILES string of the molecule is O=C(O)c1csc(SCCN2C(=O)CCC2CNCCc2cccs2)n1. The van der Waals surface area contributed by atoms with Gasteiger partial charge in [0, 0.05) is 48.1 Å². The standard InChI is InChI=1S/C17H21N3O3S3/c21-15-4-3-12(10-18-6-5-13-2-1-8-24-13)20(15)7-9-25-17-19-14(11-26-17)16(22)23/h1-2,8,11-12,18H,3-7,9-10H2,(H,22,23). The fourth-order valence-corrected chi connectivity index (χ4v) is 5.42. The van der Waals surface area contributed by atoms with Crippen LogP contribution >= 0.6 is 34.4 Å². The first kappa shape index (κ1) is 19.3. The highest BCUT2D eigenvalue weighted by Crippen LogP contribution is 2.24. The number of carbonyl (C=O) groups is 2. The lowest BCUT2D eigenvalue weighted by Gasteiger charge is -2.25. The fourth-order valence-electron chi connectivity index (χ4n) is 2.90. The summed E-state index contributed by atoms with van der Waals surface area (Å²) in [4.78, 5) is 30.4. The van der Waals surface area contributed by atoms with Crippen molar-refractivity contribution in [2.75, 3.05) is 25.4 Å². The molecule has 1 saturated heterocycles. The third-order valence-electron chi connectivity index (χ3n) is 4.22. The monoisotopic (exact) mass is 411 g/mol. The lowest BCUT2D eigenvalue weighted by atomic mass is 10.2. The van der Waals surface area contributed by atoms with Gasteiger partial charge in [-0.25, -0.2) is 9.78 Å². The van der Waals surface area contributed by atoms with Gasteiger partial charge < -0.3 is 15.3 Å². The molecular weight excluding hydrogens is 390 g/mol. The molecule has 1 atom stereocenters. The smallest absolute Gasteiger partial charge is 0.355 e. The van der Waals surface area contributed by atoms with Crippen LogP contribution in [0.2, 0.25) is 0 Å². The number of thiazole rings is 1. The van der Waals surface area contributed by atoms with Crippen LogP contribution in [0.5, 0.6) is 0 Å². The van der Waals surface area contributed by atoms with E-state index in [0.717, 1.165) is 36.0 Å². The number of hydrogen-bond donors (Lipinski definition) is 2. The number of thiophene rings is 1. The number of aromatic carboxylic acids is 1. The molecule has 1 aliphatic heterocycles. The van der Waals surface area contributed by atoms with Crippen LogP contribution in [0.15, 0.2) is 27.2 Å². The number of carboxylic acids is 1. The molecule has 9 heteroatoms. The average molecular weight is 412 g/mol. The van der Waals surface area contributed by atoms with Gasteiger partial charge in [0.25, 0.3) is 0 Å². The number of hydrogen-bond acceptors (Lipinski definition) is 7. The minimum Gasteiger partial charge on any atom is -0.476 e. The van der Waals surface area contributed by atoms with Crippen molar-refractivity contribution in [2.24, 2.45) is 0 Å². The number of nitrogens with zero attached hydrogens (tertiary/aromatic N) is 2. The van der Waals surface area contributed by atoms with E-state index in [1.807, 2.05) is 4.90 Å². The largest absolute Gasteiger partial charge is 0.476 e. The summed E-state index contributed by atoms with van der Waals surface area (Å²) >= 11 is 4.61. The van der Waals surface area contributed by atoms with Crippen LogP contribution in [-0.2, 0) is 11.2 Å². The van der Waals surface area contributed by atoms with Gasteiger partial charge in [-0.2, -0.15) is 0 Å². The van der Waals surface area contributed by atoms with Crippen LogP contribution in [0.3, 0.4) is 0 Å². The number of thioether (sulfide) groups is 1. The van der Waals surface area contributed by atoms with Gasteiger partial charge >= 0.3 is 5.97 Å². The van der Waals surface area contributed by atoms with E-state index >= 15 is 0 Å². The Hall–Kier alpha value is -1.42. The molecule has 2 N–H and O–H groups in total. The minimum absolute atomic E-state index is 0.0857. The van der Waals surface area contributed by atoms with Crippen LogP contribution in [0, 0.1) is 0 Å². The summed E-state index contributed by atoms with van der Waals surface area (Å²) in [6.45, 7) is 2.41. The van der Waals surface area contributed by atoms with Crippen molar-refractivity contribution < 1.29 is 14.7 Å². The molecule has 6 nitrogen and oxygen atoms in total. The Morgan fingerprint density at radius 1 is 1.46 bits per heavy atom. The van der Waals surface area contributed by atoms with Crippen molar-refractivity contribution in [2.45, 2.75) is 29.6 Å². The maximum Gasteiger partial charge on any atom is 0.355 e. The zero-order valence-electron chi connectivity index (χ0n) is 14.2. The Balaban J connectivity index is 1.39. The summed E-state index contributed by atoms with van der Waals surface area (Å²) in [6, 6.07) is 4.46. The van der Waals surface area contributed by atoms with Crippen molar-refractivity contribution in [3.8, 4) is 0 Å². The highest BCUT2D eigenvalue weighted by atomic mass is 32.2. The molecule has 140 valence electrons. The molecule has 1 fully saturated rings. The van der Waals surface area contributed by atoms with Crippen LogP contribution in [-0.4, -0.2) is 58.3 Å². The molecule has 3 rings (SSSR count). The number of aromatic nitrogens is 1. The normalized spacial score (nSPS) is 17.2. The third-order valence-corrected chi connectivity index (χ3v) is 7.16. The number of likely N-dealkylation sites (tertiary alicyclic amines) is 1. The van der Waals surface area contributed by atoms with E-state index in [4.69, 9.17) is 5.11 Å². The number of carbonyl (C=O) groups excluding carboxylic acids is 1. The Morgan fingerprint density at radius 3 is 3.08 bits per heavy atom. The zero-order valence-corrected chi connectivity index (χ0v) is 16.7. The fraction of sp³-hybridized carbons (Fsp3) is 0.471. The molecule has 2 aromatic rings. The quantitative estimate of drug-likeness (QED) is 0.462. The van der Waals surface area contributed by atoms with Gasteiger partial charge in [-0.15, -0.1) is 22.7 Å². The summed E-state index contributed by atoms with van der Waals surface area (Å²) in [5.41, 5.74) is 0.0857. The lowest BCUT2D eigenvalue weighted by Crippen LogP contribution is -2.41. The number of amides is 1. The van der Waals surface area contributed by atoms with Gasteiger partial charge in [0.05, 0.1) is 0 Å². The van der Waals surface area contributed by atoms with Crippen molar-refractivity contribution in [1.82, 2.24) is 15.2 Å². The van der Waals surface area contributed by atoms with E-state index in [1.165, 1.54) is 28.0 Å². The first-order chi connectivity index (χ1) is 12.6. The highest BCUT2D eigenvalue weighted by molar-refractivity contribution is 8.01. The van der Waals surface area contributed by atoms with E-state index < -0.39 is 5.97 Å². The molecule has 1 aliphatic rings. The van der Waals surface area contributed by atoms with Crippen molar-refractivity contribution in [1.29, 1.82) is 0 Å². The van der Waals surface area contributed by atoms with Gasteiger partial charge in [-0.1, -0.05) is 17.8 Å². The second-order valence-corrected chi connectivity index (χ2v) is 9.20. The van der Waals surface area contributed by atoms with Crippen LogP contribution < -0.4 is 5.32 Å². The predicted molar refractivity (Wildman–Crippen MR) is 105 cm³/mol. The van der Waals surface area contributed by atoms with Crippen LogP contribution in [0.4, 0.5) is 0 Å². The molecule has 1 unspecified atom stereocenters. The molecule has 1 amide bonds. The molecule has 2 aromatic heterocycles. The first-order valence-electron chi connectivity index (χ1n) is 8.47. The van der Waals surface area contributed by atoms with Crippen LogP contribution in [0.25, 0.3) is 0 Å². The van der Waals surface area contributed by atoms with E-state index in [1.54, 1.807) is 16.7 Å². The van der Waals surface area contributed by atoms with Gasteiger partial charge in [0.15, 0.2) is 10.0 Å². The molecule has 0 spiro atoms. The second-order valence-electron chi connectivity index (χ2n) is 5.97. The Kier molecular flexibility index (Phi) is 7.07. The summed E-state index contributed by atoms with van der Waals surface area (Å²) in [6.07, 6.45) is 2.53. The minimum atomic E-state index is -1.00. The van der Waals surface area contributed by atoms with Gasteiger partial charge in [-0.05, 0) is 24.3 Å². The second kappa shape index (κ2) is 9.50. The molecule has 0 aliphatic carbocycles. The topological polar surface area (TPSA) is 82.5 Å². The van der Waals surface area contributed by atoms with E-state index in [-0.39, 0.29) is 17.6 Å². The van der Waals surface area contributed by atoms with Gasteiger partial charge in [-0.3, -0.25) is 4.79 Å². The van der Waals surface area contributed by atoms with Crippen LogP contribution in [0.1, 0.15) is 28.2 Å². The average Bonchev–Trinajstić information content (AvgIpc) is 3.35. The maximum absolute atomic E-state index is 12.1.